The molecule has 0 fully saturated rings. The number of aromatic nitrogens is 1. The molecular formula is C11H9N3O5S. The Bertz CT molecular complexity index is 824. The summed E-state index contributed by atoms with van der Waals surface area (Å²) in [5, 5.41) is 14.8. The maximum Gasteiger partial charge on any atom is 0.298 e. The van der Waals surface area contributed by atoms with Crippen molar-refractivity contribution < 1.29 is 17.8 Å². The van der Waals surface area contributed by atoms with Gasteiger partial charge in [-0.2, -0.15) is 4.98 Å². The monoisotopic (exact) mass is 295 g/mol. The van der Waals surface area contributed by atoms with Crippen molar-refractivity contribution in [3.8, 4) is 0 Å². The number of anilines is 1. The van der Waals surface area contributed by atoms with E-state index in [-0.39, 0.29) is 28.6 Å². The Morgan fingerprint density at radius 3 is 2.90 bits per heavy atom. The molecule has 1 aromatic heterocycles. The van der Waals surface area contributed by atoms with E-state index in [0.29, 0.717) is 0 Å². The van der Waals surface area contributed by atoms with Crippen molar-refractivity contribution >= 4 is 32.6 Å². The fourth-order valence-electron chi connectivity index (χ4n) is 1.97. The Kier molecular flexibility index (Phi) is 2.71. The number of non-ortho nitro benzene ring substituents is 1. The number of para-hydroxylation sites is 1. The SMILES string of the molecule is O=[N+]([O-])c1cccc2oc(NC3C=CS(=O)(=O)C3)nc12. The Balaban J connectivity index is 1.93. The first-order valence-electron chi connectivity index (χ1n) is 5.66. The van der Waals surface area contributed by atoms with E-state index in [2.05, 4.69) is 10.3 Å². The molecule has 1 N–H and O–H groups in total. The molecule has 1 aliphatic heterocycles. The van der Waals surface area contributed by atoms with Gasteiger partial charge in [-0.1, -0.05) is 6.07 Å². The second-order valence-electron chi connectivity index (χ2n) is 4.31. The van der Waals surface area contributed by atoms with Crippen molar-refractivity contribution in [1.29, 1.82) is 0 Å². The first-order valence-corrected chi connectivity index (χ1v) is 7.37. The number of sulfone groups is 1. The average Bonchev–Trinajstić information content (AvgIpc) is 2.91. The van der Waals surface area contributed by atoms with Crippen LogP contribution >= 0.6 is 0 Å². The lowest BCUT2D eigenvalue weighted by molar-refractivity contribution is -0.383. The summed E-state index contributed by atoms with van der Waals surface area (Å²) >= 11 is 0. The minimum Gasteiger partial charge on any atom is -0.423 e. The molecule has 0 spiro atoms. The highest BCUT2D eigenvalue weighted by Gasteiger charge is 2.24. The summed E-state index contributed by atoms with van der Waals surface area (Å²) in [4.78, 5) is 14.3. The number of benzene rings is 1. The molecule has 1 atom stereocenters. The topological polar surface area (TPSA) is 115 Å². The summed E-state index contributed by atoms with van der Waals surface area (Å²) in [6.45, 7) is 0. The van der Waals surface area contributed by atoms with Crippen LogP contribution in [0.2, 0.25) is 0 Å². The van der Waals surface area contributed by atoms with Crippen molar-refractivity contribution in [3.63, 3.8) is 0 Å². The zero-order chi connectivity index (χ0) is 14.3. The van der Waals surface area contributed by atoms with Crippen LogP contribution < -0.4 is 5.32 Å². The van der Waals surface area contributed by atoms with Gasteiger partial charge in [0.1, 0.15) is 0 Å². The summed E-state index contributed by atoms with van der Waals surface area (Å²) in [7, 11) is -3.19. The lowest BCUT2D eigenvalue weighted by atomic mass is 10.3. The molecule has 0 saturated carbocycles. The molecule has 3 rings (SSSR count). The second-order valence-corrected chi connectivity index (χ2v) is 6.24. The van der Waals surface area contributed by atoms with E-state index in [0.717, 1.165) is 5.41 Å². The van der Waals surface area contributed by atoms with Crippen molar-refractivity contribution in [3.05, 3.63) is 39.8 Å². The Morgan fingerprint density at radius 1 is 1.45 bits per heavy atom. The zero-order valence-electron chi connectivity index (χ0n) is 10.0. The lowest BCUT2D eigenvalue weighted by Crippen LogP contribution is -2.20. The summed E-state index contributed by atoms with van der Waals surface area (Å²) in [5.74, 6) is -0.0895. The minimum atomic E-state index is -3.19. The highest BCUT2D eigenvalue weighted by Crippen LogP contribution is 2.28. The molecule has 8 nitrogen and oxygen atoms in total. The summed E-state index contributed by atoms with van der Waals surface area (Å²) in [6.07, 6.45) is 1.48. The summed E-state index contributed by atoms with van der Waals surface area (Å²) < 4.78 is 27.9. The van der Waals surface area contributed by atoms with E-state index in [4.69, 9.17) is 4.42 Å². The number of nitrogens with one attached hydrogen (secondary N) is 1. The van der Waals surface area contributed by atoms with Crippen LogP contribution in [-0.2, 0) is 9.84 Å². The Labute approximate surface area is 113 Å². The van der Waals surface area contributed by atoms with Crippen LogP contribution in [-0.4, -0.2) is 30.1 Å². The van der Waals surface area contributed by atoms with Gasteiger partial charge in [0.25, 0.3) is 11.7 Å². The molecule has 0 saturated heterocycles. The number of oxazole rings is 1. The molecule has 2 heterocycles. The van der Waals surface area contributed by atoms with E-state index in [9.17, 15) is 18.5 Å². The fraction of sp³-hybridized carbons (Fsp3) is 0.182. The highest BCUT2D eigenvalue weighted by atomic mass is 32.2. The van der Waals surface area contributed by atoms with Gasteiger partial charge in [0, 0.05) is 11.5 Å². The van der Waals surface area contributed by atoms with Crippen LogP contribution in [0.1, 0.15) is 0 Å². The van der Waals surface area contributed by atoms with Crippen molar-refractivity contribution in [2.45, 2.75) is 6.04 Å². The van der Waals surface area contributed by atoms with Gasteiger partial charge in [-0.05, 0) is 12.1 Å². The molecule has 20 heavy (non-hydrogen) atoms. The van der Waals surface area contributed by atoms with Gasteiger partial charge >= 0.3 is 0 Å². The van der Waals surface area contributed by atoms with E-state index >= 15 is 0 Å². The molecular weight excluding hydrogens is 286 g/mol. The quantitative estimate of drug-likeness (QED) is 0.673. The third-order valence-electron chi connectivity index (χ3n) is 2.83. The van der Waals surface area contributed by atoms with Crippen molar-refractivity contribution in [1.82, 2.24) is 4.98 Å². The number of hydrogen-bond acceptors (Lipinski definition) is 7. The molecule has 104 valence electrons. The average molecular weight is 295 g/mol. The number of nitro benzene ring substituents is 1. The van der Waals surface area contributed by atoms with Crippen LogP contribution in [0.3, 0.4) is 0 Å². The maximum absolute atomic E-state index is 11.3. The molecule has 9 heteroatoms. The number of nitrogens with zero attached hydrogens (tertiary/aromatic N) is 2. The van der Waals surface area contributed by atoms with Crippen LogP contribution in [0, 0.1) is 10.1 Å². The predicted octanol–water partition coefficient (Wildman–Crippen LogP) is 1.46. The third kappa shape index (κ3) is 2.23. The van der Waals surface area contributed by atoms with Gasteiger partial charge in [-0.3, -0.25) is 10.1 Å². The largest absolute Gasteiger partial charge is 0.423 e. The number of fused-ring (bicyclic) bond motifs is 1. The van der Waals surface area contributed by atoms with E-state index < -0.39 is 20.8 Å². The minimum absolute atomic E-state index is 0.0565. The first kappa shape index (κ1) is 12.6. The van der Waals surface area contributed by atoms with Gasteiger partial charge < -0.3 is 9.73 Å². The maximum atomic E-state index is 11.3. The normalized spacial score (nSPS) is 20.3. The van der Waals surface area contributed by atoms with Crippen LogP contribution in [0.25, 0.3) is 11.1 Å². The van der Waals surface area contributed by atoms with Crippen molar-refractivity contribution in [2.75, 3.05) is 11.1 Å². The molecule has 0 bridgehead atoms. The second kappa shape index (κ2) is 4.30. The van der Waals surface area contributed by atoms with E-state index in [1.807, 2.05) is 0 Å². The smallest absolute Gasteiger partial charge is 0.298 e. The Morgan fingerprint density at radius 2 is 2.25 bits per heavy atom. The van der Waals surface area contributed by atoms with Crippen LogP contribution in [0.5, 0.6) is 0 Å². The zero-order valence-corrected chi connectivity index (χ0v) is 10.8. The highest BCUT2D eigenvalue weighted by molar-refractivity contribution is 7.94. The number of hydrogen-bond donors (Lipinski definition) is 1. The van der Waals surface area contributed by atoms with Gasteiger partial charge in [0.2, 0.25) is 0 Å². The fourth-order valence-corrected chi connectivity index (χ4v) is 3.20. The molecule has 0 radical (unpaired) electrons. The molecule has 1 aliphatic rings. The van der Waals surface area contributed by atoms with Gasteiger partial charge in [-0.25, -0.2) is 8.42 Å². The summed E-state index contributed by atoms with van der Waals surface area (Å²) in [6, 6.07) is 3.99. The van der Waals surface area contributed by atoms with Gasteiger partial charge in [0.15, 0.2) is 20.9 Å². The third-order valence-corrected chi connectivity index (χ3v) is 4.23. The number of nitro groups is 1. The standard InChI is InChI=1S/C11H9N3O5S/c15-14(16)8-2-1-3-9-10(8)13-11(19-9)12-7-4-5-20(17,18)6-7/h1-5,7H,6H2,(H,12,13). The van der Waals surface area contributed by atoms with E-state index in [1.165, 1.54) is 18.2 Å². The molecule has 1 aromatic carbocycles. The van der Waals surface area contributed by atoms with Gasteiger partial charge in [-0.15, -0.1) is 0 Å². The lowest BCUT2D eigenvalue weighted by Gasteiger charge is -2.05. The Hall–Kier alpha value is -2.42. The van der Waals surface area contributed by atoms with Gasteiger partial charge in [0.05, 0.1) is 16.7 Å². The van der Waals surface area contributed by atoms with E-state index in [1.54, 1.807) is 6.07 Å². The number of rotatable bonds is 3. The van der Waals surface area contributed by atoms with Crippen LogP contribution in [0.15, 0.2) is 34.1 Å². The summed E-state index contributed by atoms with van der Waals surface area (Å²) in [5.41, 5.74) is 0.241. The first-order chi connectivity index (χ1) is 9.44. The predicted molar refractivity (Wildman–Crippen MR) is 71.0 cm³/mol. The molecule has 2 aromatic rings. The molecule has 0 amide bonds. The van der Waals surface area contributed by atoms with Crippen molar-refractivity contribution in [2.24, 2.45) is 0 Å². The molecule has 1 unspecified atom stereocenters. The van der Waals surface area contributed by atoms with Crippen LogP contribution in [0.4, 0.5) is 11.7 Å². The molecule has 0 aliphatic carbocycles.